The Bertz CT molecular complexity index is 723. The zero-order valence-corrected chi connectivity index (χ0v) is 12.2. The van der Waals surface area contributed by atoms with Gasteiger partial charge in [0, 0.05) is 30.0 Å². The van der Waals surface area contributed by atoms with E-state index in [-0.39, 0.29) is 18.3 Å². The number of halogens is 1. The lowest BCUT2D eigenvalue weighted by Gasteiger charge is -2.19. The van der Waals surface area contributed by atoms with Crippen LogP contribution in [0.2, 0.25) is 0 Å². The van der Waals surface area contributed by atoms with Gasteiger partial charge in [-0.2, -0.15) is 0 Å². The molecule has 0 saturated heterocycles. The normalized spacial score (nSPS) is 10.3. The first kappa shape index (κ1) is 15.0. The van der Waals surface area contributed by atoms with Crippen LogP contribution in [0.15, 0.2) is 36.7 Å². The lowest BCUT2D eigenvalue weighted by atomic mass is 10.2. The van der Waals surface area contributed by atoms with Gasteiger partial charge in [0.2, 0.25) is 0 Å². The Morgan fingerprint density at radius 1 is 1.38 bits per heavy atom. The van der Waals surface area contributed by atoms with Gasteiger partial charge in [0.1, 0.15) is 0 Å². The van der Waals surface area contributed by atoms with Gasteiger partial charge in [0.15, 0.2) is 5.82 Å². The monoisotopic (exact) mass is 306 g/mol. The second-order valence-corrected chi connectivity index (χ2v) is 4.42. The smallest absolute Gasteiger partial charge is 0.254 e. The summed E-state index contributed by atoms with van der Waals surface area (Å²) >= 11 is 0. The summed E-state index contributed by atoms with van der Waals surface area (Å²) in [5, 5.41) is 13.5. The number of carbonyl (C=O) groups is 1. The van der Waals surface area contributed by atoms with Crippen molar-refractivity contribution in [3.05, 3.63) is 48.0 Å². The van der Waals surface area contributed by atoms with Gasteiger partial charge in [-0.1, -0.05) is 0 Å². The van der Waals surface area contributed by atoms with E-state index in [4.69, 9.17) is 0 Å². The van der Waals surface area contributed by atoms with Crippen molar-refractivity contribution in [2.45, 2.75) is 13.5 Å². The van der Waals surface area contributed by atoms with Gasteiger partial charge in [-0.05, 0) is 41.6 Å². The number of carbonyl (C=O) groups excluding carboxylic acids is 1. The number of pyridine rings is 1. The molecule has 0 unspecified atom stereocenters. The topological polar surface area (TPSA) is 79.2 Å². The zero-order chi connectivity index (χ0) is 13.9. The van der Waals surface area contributed by atoms with E-state index >= 15 is 0 Å². The third kappa shape index (κ3) is 3.03. The number of fused-ring (bicyclic) bond motifs is 1. The lowest BCUT2D eigenvalue weighted by Crippen LogP contribution is -2.30. The van der Waals surface area contributed by atoms with Crippen molar-refractivity contribution in [2.75, 3.05) is 6.54 Å². The van der Waals surface area contributed by atoms with Gasteiger partial charge >= 0.3 is 0 Å². The van der Waals surface area contributed by atoms with Crippen LogP contribution in [0, 0.1) is 0 Å². The summed E-state index contributed by atoms with van der Waals surface area (Å²) in [6.07, 6.45) is 3.83. The Labute approximate surface area is 127 Å². The Morgan fingerprint density at radius 3 is 2.95 bits per heavy atom. The summed E-state index contributed by atoms with van der Waals surface area (Å²) in [5.74, 6) is 0.538. The molecule has 0 aliphatic heterocycles. The Morgan fingerprint density at radius 2 is 2.24 bits per heavy atom. The fourth-order valence-corrected chi connectivity index (χ4v) is 2.10. The van der Waals surface area contributed by atoms with Gasteiger partial charge in [-0.3, -0.25) is 4.79 Å². The van der Waals surface area contributed by atoms with E-state index in [9.17, 15) is 4.79 Å². The third-order valence-electron chi connectivity index (χ3n) is 3.18. The predicted molar refractivity (Wildman–Crippen MR) is 79.2 cm³/mol. The Balaban J connectivity index is 0.00000161. The number of aromatic nitrogens is 5. The minimum absolute atomic E-state index is 0. The first-order chi connectivity index (χ1) is 9.78. The summed E-state index contributed by atoms with van der Waals surface area (Å²) in [6.45, 7) is 2.89. The van der Waals surface area contributed by atoms with Gasteiger partial charge < -0.3 is 9.30 Å². The van der Waals surface area contributed by atoms with E-state index in [0.29, 0.717) is 24.5 Å². The molecular weight excluding hydrogens is 292 g/mol. The molecule has 3 aromatic heterocycles. The van der Waals surface area contributed by atoms with Gasteiger partial charge in [-0.15, -0.1) is 17.5 Å². The number of rotatable bonds is 4. The first-order valence-electron chi connectivity index (χ1n) is 6.36. The SMILES string of the molecule is CCN(Cc1nnn[nH]1)C(=O)c1ccn2cccc2c1.Cl. The van der Waals surface area contributed by atoms with Crippen molar-refractivity contribution in [1.29, 1.82) is 0 Å². The highest BCUT2D eigenvalue weighted by Crippen LogP contribution is 2.11. The molecule has 3 heterocycles. The fourth-order valence-electron chi connectivity index (χ4n) is 2.10. The maximum absolute atomic E-state index is 12.5. The molecule has 0 spiro atoms. The van der Waals surface area contributed by atoms with E-state index in [1.807, 2.05) is 48.0 Å². The third-order valence-corrected chi connectivity index (χ3v) is 3.18. The van der Waals surface area contributed by atoms with Crippen molar-refractivity contribution in [2.24, 2.45) is 0 Å². The molecule has 0 bridgehead atoms. The van der Waals surface area contributed by atoms with E-state index in [0.717, 1.165) is 5.52 Å². The molecular formula is C13H15ClN6O. The summed E-state index contributed by atoms with van der Waals surface area (Å²) in [5.41, 5.74) is 1.65. The quantitative estimate of drug-likeness (QED) is 0.793. The molecule has 7 nitrogen and oxygen atoms in total. The number of hydrogen-bond acceptors (Lipinski definition) is 4. The molecule has 3 aromatic rings. The molecule has 0 aliphatic carbocycles. The van der Waals surface area contributed by atoms with E-state index < -0.39 is 0 Å². The average molecular weight is 307 g/mol. The van der Waals surface area contributed by atoms with Crippen molar-refractivity contribution in [1.82, 2.24) is 29.9 Å². The van der Waals surface area contributed by atoms with Crippen LogP contribution in [0.1, 0.15) is 23.1 Å². The summed E-state index contributed by atoms with van der Waals surface area (Å²) in [6, 6.07) is 7.61. The molecule has 0 fully saturated rings. The molecule has 0 atom stereocenters. The summed E-state index contributed by atoms with van der Waals surface area (Å²) in [7, 11) is 0. The molecule has 21 heavy (non-hydrogen) atoms. The van der Waals surface area contributed by atoms with Gasteiger partial charge in [-0.25, -0.2) is 5.10 Å². The van der Waals surface area contributed by atoms with Crippen molar-refractivity contribution in [3.8, 4) is 0 Å². The first-order valence-corrected chi connectivity index (χ1v) is 6.36. The van der Waals surface area contributed by atoms with E-state index in [1.165, 1.54) is 0 Å². The minimum atomic E-state index is -0.0346. The lowest BCUT2D eigenvalue weighted by molar-refractivity contribution is 0.0748. The summed E-state index contributed by atoms with van der Waals surface area (Å²) < 4.78 is 1.97. The highest BCUT2D eigenvalue weighted by molar-refractivity contribution is 5.95. The van der Waals surface area contributed by atoms with Crippen molar-refractivity contribution < 1.29 is 4.79 Å². The number of tetrazole rings is 1. The van der Waals surface area contributed by atoms with Crippen molar-refractivity contribution >= 4 is 23.8 Å². The number of hydrogen-bond donors (Lipinski definition) is 1. The van der Waals surface area contributed by atoms with Crippen LogP contribution in [0.25, 0.3) is 5.52 Å². The molecule has 0 radical (unpaired) electrons. The molecule has 0 aromatic carbocycles. The number of amides is 1. The number of H-pyrrole nitrogens is 1. The van der Waals surface area contributed by atoms with Gasteiger partial charge in [0.05, 0.1) is 6.54 Å². The maximum atomic E-state index is 12.5. The van der Waals surface area contributed by atoms with Crippen LogP contribution in [0.3, 0.4) is 0 Å². The van der Waals surface area contributed by atoms with Crippen LogP contribution in [-0.2, 0) is 6.54 Å². The van der Waals surface area contributed by atoms with Crippen LogP contribution in [0.4, 0.5) is 0 Å². The van der Waals surface area contributed by atoms with Gasteiger partial charge in [0.25, 0.3) is 5.91 Å². The van der Waals surface area contributed by atoms with Crippen LogP contribution < -0.4 is 0 Å². The van der Waals surface area contributed by atoms with Crippen LogP contribution in [0.5, 0.6) is 0 Å². The molecule has 1 amide bonds. The standard InChI is InChI=1S/C13H14N6O.ClH/c1-2-18(9-12-14-16-17-15-12)13(20)10-5-7-19-6-3-4-11(19)8-10;/h3-8H,2,9H2,1H3,(H,14,15,16,17);1H. The Hall–Kier alpha value is -2.41. The fraction of sp³-hybridized carbons (Fsp3) is 0.231. The molecule has 1 N–H and O–H groups in total. The van der Waals surface area contributed by atoms with Crippen LogP contribution >= 0.6 is 12.4 Å². The predicted octanol–water partition coefficient (Wildman–Crippen LogP) is 1.54. The zero-order valence-electron chi connectivity index (χ0n) is 11.4. The largest absolute Gasteiger partial charge is 0.331 e. The molecule has 0 saturated carbocycles. The second-order valence-electron chi connectivity index (χ2n) is 4.42. The number of nitrogens with zero attached hydrogens (tertiary/aromatic N) is 5. The number of nitrogens with one attached hydrogen (secondary N) is 1. The second kappa shape index (κ2) is 6.36. The number of aromatic amines is 1. The Kier molecular flexibility index (Phi) is 4.54. The molecule has 3 rings (SSSR count). The summed E-state index contributed by atoms with van der Waals surface area (Å²) in [4.78, 5) is 14.2. The molecule has 8 heteroatoms. The van der Waals surface area contributed by atoms with Crippen LogP contribution in [-0.4, -0.2) is 42.4 Å². The highest BCUT2D eigenvalue weighted by atomic mass is 35.5. The highest BCUT2D eigenvalue weighted by Gasteiger charge is 2.16. The minimum Gasteiger partial charge on any atom is -0.331 e. The maximum Gasteiger partial charge on any atom is 0.254 e. The molecule has 0 aliphatic rings. The van der Waals surface area contributed by atoms with Crippen molar-refractivity contribution in [3.63, 3.8) is 0 Å². The average Bonchev–Trinajstić information content (AvgIpc) is 3.14. The van der Waals surface area contributed by atoms with E-state index in [2.05, 4.69) is 20.6 Å². The van der Waals surface area contributed by atoms with E-state index in [1.54, 1.807) is 4.90 Å². The molecule has 110 valence electrons.